The second-order valence-electron chi connectivity index (χ2n) is 1.71. The quantitative estimate of drug-likeness (QED) is 0.431. The van der Waals surface area contributed by atoms with Crippen LogP contribution in [0.25, 0.3) is 0 Å². The zero-order chi connectivity index (χ0) is 5.70. The van der Waals surface area contributed by atoms with E-state index in [2.05, 4.69) is 12.6 Å². The zero-order valence-electron chi connectivity index (χ0n) is 4.59. The fourth-order valence-electron chi connectivity index (χ4n) is 0.387. The summed E-state index contributed by atoms with van der Waals surface area (Å²) in [5.41, 5.74) is 0. The molecule has 0 saturated carbocycles. The van der Waals surface area contributed by atoms with Crippen molar-refractivity contribution in [3.05, 3.63) is 0 Å². The van der Waals surface area contributed by atoms with Gasteiger partial charge in [-0.1, -0.05) is 0 Å². The van der Waals surface area contributed by atoms with Crippen molar-refractivity contribution in [2.75, 3.05) is 5.75 Å². The fourth-order valence-corrected chi connectivity index (χ4v) is 1.71. The first-order chi connectivity index (χ1) is 3.27. The molecule has 0 fully saturated rings. The molecule has 3 heteroatoms. The molecule has 0 rings (SSSR count). The molecule has 0 amide bonds. The molecule has 0 saturated heterocycles. The molecule has 1 N–H and O–H groups in total. The molecular weight excluding hydrogens is 124 g/mol. The van der Waals surface area contributed by atoms with Gasteiger partial charge in [0.05, 0.1) is 0 Å². The molecule has 0 aromatic heterocycles. The van der Waals surface area contributed by atoms with Gasteiger partial charge in [-0.25, -0.2) is 0 Å². The Bertz CT molecular complexity index is 40.7. The molecule has 44 valence electrons. The van der Waals surface area contributed by atoms with Crippen molar-refractivity contribution in [3.63, 3.8) is 0 Å². The Morgan fingerprint density at radius 1 is 1.71 bits per heavy atom. The maximum atomic E-state index is 8.79. The molecule has 0 aliphatic rings. The van der Waals surface area contributed by atoms with E-state index in [1.807, 2.05) is 6.55 Å². The van der Waals surface area contributed by atoms with Gasteiger partial charge in [0.2, 0.25) is 0 Å². The molecule has 1 atom stereocenters. The monoisotopic (exact) mass is 136 g/mol. The van der Waals surface area contributed by atoms with Crippen LogP contribution >= 0.6 is 12.6 Å². The molecule has 0 heterocycles. The molecule has 0 aliphatic carbocycles. The number of rotatable bonds is 3. The lowest BCUT2D eigenvalue weighted by Gasteiger charge is -1.95. The maximum absolute atomic E-state index is 8.79. The van der Waals surface area contributed by atoms with Crippen molar-refractivity contribution in [1.29, 1.82) is 0 Å². The van der Waals surface area contributed by atoms with Crippen LogP contribution in [0, 0.1) is 0 Å². The van der Waals surface area contributed by atoms with Gasteiger partial charge in [0.25, 0.3) is 0 Å². The van der Waals surface area contributed by atoms with Crippen LogP contribution < -0.4 is 0 Å². The summed E-state index contributed by atoms with van der Waals surface area (Å²) in [4.78, 5) is 8.79. The highest BCUT2D eigenvalue weighted by molar-refractivity contribution is 7.80. The van der Waals surface area contributed by atoms with Crippen LogP contribution in [0.1, 0.15) is 6.42 Å². The second-order valence-corrected chi connectivity index (χ2v) is 4.44. The van der Waals surface area contributed by atoms with E-state index in [-0.39, 0.29) is 0 Å². The molecule has 0 aliphatic heterocycles. The minimum absolute atomic E-state index is 0.915. The largest absolute Gasteiger partial charge is 0.435 e. The van der Waals surface area contributed by atoms with E-state index in [1.165, 1.54) is 0 Å². The Morgan fingerprint density at radius 3 is 2.43 bits per heavy atom. The summed E-state index contributed by atoms with van der Waals surface area (Å²) in [6.07, 6.45) is 1.08. The Hall–Kier alpha value is 0.527. The van der Waals surface area contributed by atoms with Crippen molar-refractivity contribution >= 4 is 21.7 Å². The third-order valence-electron chi connectivity index (χ3n) is 0.780. The van der Waals surface area contributed by atoms with Gasteiger partial charge in [-0.15, -0.1) is 0 Å². The van der Waals surface area contributed by atoms with Crippen LogP contribution in [0.15, 0.2) is 0 Å². The summed E-state index contributed by atoms with van der Waals surface area (Å²) < 4.78 is 0. The van der Waals surface area contributed by atoms with Gasteiger partial charge in [0, 0.05) is 0 Å². The summed E-state index contributed by atoms with van der Waals surface area (Å²) in [7, 11) is -1.24. The molecule has 0 aromatic carbocycles. The third kappa shape index (κ3) is 6.53. The van der Waals surface area contributed by atoms with E-state index in [0.29, 0.717) is 0 Å². The first-order valence-electron chi connectivity index (χ1n) is 2.56. The van der Waals surface area contributed by atoms with Crippen molar-refractivity contribution in [1.82, 2.24) is 0 Å². The Labute approximate surface area is 51.9 Å². The lowest BCUT2D eigenvalue weighted by Crippen LogP contribution is -2.03. The number of hydrogen-bond donors (Lipinski definition) is 2. The van der Waals surface area contributed by atoms with Gasteiger partial charge in [0.1, 0.15) is 0 Å². The Morgan fingerprint density at radius 2 is 2.29 bits per heavy atom. The molecule has 0 bridgehead atoms. The summed E-state index contributed by atoms with van der Waals surface area (Å²) in [6, 6.07) is 1.02. The first kappa shape index (κ1) is 7.53. The SMILES string of the molecule is C[SiH](O)CCCS. The summed E-state index contributed by atoms with van der Waals surface area (Å²) >= 11 is 4.01. The maximum Gasteiger partial charge on any atom is 0.169 e. The predicted molar refractivity (Wildman–Crippen MR) is 38.5 cm³/mol. The molecule has 0 radical (unpaired) electrons. The minimum Gasteiger partial charge on any atom is -0.435 e. The van der Waals surface area contributed by atoms with E-state index in [9.17, 15) is 0 Å². The van der Waals surface area contributed by atoms with Crippen LogP contribution in [-0.2, 0) is 0 Å². The molecule has 0 spiro atoms. The lowest BCUT2D eigenvalue weighted by atomic mass is 10.6. The van der Waals surface area contributed by atoms with Crippen LogP contribution in [0.5, 0.6) is 0 Å². The predicted octanol–water partition coefficient (Wildman–Crippen LogP) is 0.652. The van der Waals surface area contributed by atoms with Gasteiger partial charge in [0.15, 0.2) is 9.04 Å². The van der Waals surface area contributed by atoms with Gasteiger partial charge >= 0.3 is 0 Å². The van der Waals surface area contributed by atoms with E-state index < -0.39 is 9.04 Å². The minimum atomic E-state index is -1.24. The normalized spacial score (nSPS) is 14.1. The summed E-state index contributed by atoms with van der Waals surface area (Å²) in [5.74, 6) is 0.915. The Kier molecular flexibility index (Phi) is 5.03. The fraction of sp³-hybridized carbons (Fsp3) is 1.00. The molecule has 1 nitrogen and oxygen atoms in total. The highest BCUT2D eigenvalue weighted by Gasteiger charge is 1.94. The molecule has 1 unspecified atom stereocenters. The van der Waals surface area contributed by atoms with E-state index in [0.717, 1.165) is 18.2 Å². The van der Waals surface area contributed by atoms with Gasteiger partial charge in [-0.3, -0.25) is 0 Å². The first-order valence-corrected chi connectivity index (χ1v) is 5.68. The van der Waals surface area contributed by atoms with E-state index >= 15 is 0 Å². The second kappa shape index (κ2) is 4.68. The van der Waals surface area contributed by atoms with Gasteiger partial charge in [-0.05, 0) is 24.8 Å². The van der Waals surface area contributed by atoms with Crippen molar-refractivity contribution in [2.24, 2.45) is 0 Å². The van der Waals surface area contributed by atoms with Gasteiger partial charge in [-0.2, -0.15) is 12.6 Å². The van der Waals surface area contributed by atoms with Crippen LogP contribution in [0.2, 0.25) is 12.6 Å². The summed E-state index contributed by atoms with van der Waals surface area (Å²) in [5, 5.41) is 0. The number of thiol groups is 1. The average molecular weight is 136 g/mol. The smallest absolute Gasteiger partial charge is 0.169 e. The summed E-state index contributed by atoms with van der Waals surface area (Å²) in [6.45, 7) is 1.93. The third-order valence-corrected chi connectivity index (χ3v) is 2.34. The Balaban J connectivity index is 2.68. The molecular formula is C4H12OSSi. The molecule has 7 heavy (non-hydrogen) atoms. The van der Waals surface area contributed by atoms with Crippen LogP contribution in [-0.4, -0.2) is 19.6 Å². The number of hydrogen-bond acceptors (Lipinski definition) is 2. The lowest BCUT2D eigenvalue weighted by molar-refractivity contribution is 0.575. The van der Waals surface area contributed by atoms with E-state index in [1.54, 1.807) is 0 Å². The topological polar surface area (TPSA) is 20.2 Å². The average Bonchev–Trinajstić information content (AvgIpc) is 1.61. The van der Waals surface area contributed by atoms with Crippen LogP contribution in [0.3, 0.4) is 0 Å². The highest BCUT2D eigenvalue weighted by Crippen LogP contribution is 1.94. The standard InChI is InChI=1S/C4H12OSSi/c1-7(5)4-2-3-6/h5-7H,2-4H2,1H3. The highest BCUT2D eigenvalue weighted by atomic mass is 32.1. The van der Waals surface area contributed by atoms with Gasteiger partial charge < -0.3 is 4.80 Å². The molecule has 0 aromatic rings. The van der Waals surface area contributed by atoms with Crippen molar-refractivity contribution in [3.8, 4) is 0 Å². The zero-order valence-corrected chi connectivity index (χ0v) is 6.64. The van der Waals surface area contributed by atoms with E-state index in [4.69, 9.17) is 4.80 Å². The van der Waals surface area contributed by atoms with Crippen molar-refractivity contribution < 1.29 is 4.80 Å². The van der Waals surface area contributed by atoms with Crippen molar-refractivity contribution in [2.45, 2.75) is 19.0 Å². The van der Waals surface area contributed by atoms with Crippen LogP contribution in [0.4, 0.5) is 0 Å².